The van der Waals surface area contributed by atoms with E-state index in [1.54, 1.807) is 23.6 Å². The molecule has 1 aromatic heterocycles. The number of carbonyl (C=O) groups is 1. The second kappa shape index (κ2) is 5.89. The van der Waals surface area contributed by atoms with Crippen molar-refractivity contribution in [2.45, 2.75) is 13.0 Å². The average molecular weight is 293 g/mol. The number of pyridine rings is 1. The zero-order valence-corrected chi connectivity index (χ0v) is 12.5. The molecule has 1 unspecified atom stereocenters. The normalized spacial score (nSPS) is 18.5. The molecule has 1 aromatic carbocycles. The summed E-state index contributed by atoms with van der Waals surface area (Å²) in [4.78, 5) is 21.1. The van der Waals surface area contributed by atoms with Crippen LogP contribution in [0.1, 0.15) is 12.5 Å². The van der Waals surface area contributed by atoms with E-state index in [9.17, 15) is 4.79 Å². The summed E-state index contributed by atoms with van der Waals surface area (Å²) in [5.41, 5.74) is 2.67. The van der Waals surface area contributed by atoms with E-state index in [4.69, 9.17) is 0 Å². The Balaban J connectivity index is 1.89. The van der Waals surface area contributed by atoms with Gasteiger partial charge in [-0.25, -0.2) is 0 Å². The van der Waals surface area contributed by atoms with Gasteiger partial charge < -0.3 is 0 Å². The lowest BCUT2D eigenvalue weighted by Gasteiger charge is -2.10. The van der Waals surface area contributed by atoms with Gasteiger partial charge in [0, 0.05) is 25.5 Å². The van der Waals surface area contributed by atoms with Crippen LogP contribution in [-0.4, -0.2) is 40.6 Å². The molecular formula is C17H17N4O+. The van der Waals surface area contributed by atoms with Crippen molar-refractivity contribution < 1.29 is 9.48 Å². The molecule has 0 radical (unpaired) electrons. The zero-order valence-electron chi connectivity index (χ0n) is 12.5. The van der Waals surface area contributed by atoms with Gasteiger partial charge in [0.15, 0.2) is 7.05 Å². The van der Waals surface area contributed by atoms with E-state index in [-0.39, 0.29) is 5.91 Å². The molecule has 1 amide bonds. The second-order valence-electron chi connectivity index (χ2n) is 5.11. The molecule has 1 atom stereocenters. The third-order valence-corrected chi connectivity index (χ3v) is 3.73. The number of hydrazine groups is 1. The average Bonchev–Trinajstić information content (AvgIpc) is 2.77. The van der Waals surface area contributed by atoms with Crippen LogP contribution < -0.4 is 5.01 Å². The van der Waals surface area contributed by atoms with Crippen molar-refractivity contribution in [1.29, 1.82) is 0 Å². The molecule has 0 bridgehead atoms. The number of hydrogen-bond donors (Lipinski definition) is 0. The SMILES string of the molecule is CC1=[N+](C)N(c2ccccc2)C(=O)C1N=Cc1ccncc1. The number of aromatic nitrogens is 1. The Bertz CT molecular complexity index is 738. The van der Waals surface area contributed by atoms with Crippen molar-refractivity contribution >= 4 is 23.5 Å². The van der Waals surface area contributed by atoms with E-state index in [2.05, 4.69) is 9.98 Å². The highest BCUT2D eigenvalue weighted by atomic mass is 16.2. The third kappa shape index (κ3) is 2.53. The van der Waals surface area contributed by atoms with E-state index in [1.807, 2.05) is 61.1 Å². The summed E-state index contributed by atoms with van der Waals surface area (Å²) in [6.07, 6.45) is 5.13. The molecule has 0 N–H and O–H groups in total. The molecule has 110 valence electrons. The molecule has 0 saturated carbocycles. The summed E-state index contributed by atoms with van der Waals surface area (Å²) in [7, 11) is 1.88. The van der Waals surface area contributed by atoms with Gasteiger partial charge in [0.05, 0.1) is 0 Å². The first-order valence-electron chi connectivity index (χ1n) is 7.08. The Labute approximate surface area is 129 Å². The summed E-state index contributed by atoms with van der Waals surface area (Å²) in [5.74, 6) is -0.0449. The van der Waals surface area contributed by atoms with Crippen LogP contribution in [0, 0.1) is 0 Å². The third-order valence-electron chi connectivity index (χ3n) is 3.73. The molecule has 1 aliphatic rings. The van der Waals surface area contributed by atoms with Crippen LogP contribution in [0.3, 0.4) is 0 Å². The largest absolute Gasteiger partial charge is 0.318 e. The van der Waals surface area contributed by atoms with Crippen molar-refractivity contribution in [2.24, 2.45) is 4.99 Å². The Hall–Kier alpha value is -2.82. The molecule has 22 heavy (non-hydrogen) atoms. The van der Waals surface area contributed by atoms with Gasteiger partial charge >= 0.3 is 5.91 Å². The molecule has 2 heterocycles. The van der Waals surface area contributed by atoms with Gasteiger partial charge in [0.2, 0.25) is 11.8 Å². The number of para-hydroxylation sites is 1. The highest BCUT2D eigenvalue weighted by Gasteiger charge is 2.44. The number of hydrogen-bond acceptors (Lipinski definition) is 3. The van der Waals surface area contributed by atoms with E-state index >= 15 is 0 Å². The molecule has 0 saturated heterocycles. The lowest BCUT2D eigenvalue weighted by molar-refractivity contribution is -0.495. The number of hydrazone groups is 1. The van der Waals surface area contributed by atoms with Crippen molar-refractivity contribution in [3.8, 4) is 0 Å². The van der Waals surface area contributed by atoms with Crippen LogP contribution in [0.25, 0.3) is 0 Å². The molecule has 5 heteroatoms. The lowest BCUT2D eigenvalue weighted by Crippen LogP contribution is -2.35. The molecular weight excluding hydrogens is 276 g/mol. The van der Waals surface area contributed by atoms with Crippen molar-refractivity contribution in [1.82, 2.24) is 4.98 Å². The first-order valence-corrected chi connectivity index (χ1v) is 7.08. The minimum Gasteiger partial charge on any atom is -0.268 e. The number of aliphatic imine (C=N–C) groups is 1. The van der Waals surface area contributed by atoms with Crippen molar-refractivity contribution in [2.75, 3.05) is 12.1 Å². The van der Waals surface area contributed by atoms with Crippen molar-refractivity contribution in [3.05, 3.63) is 60.4 Å². The summed E-state index contributed by atoms with van der Waals surface area (Å²) in [6, 6.07) is 12.8. The summed E-state index contributed by atoms with van der Waals surface area (Å²) >= 11 is 0. The predicted octanol–water partition coefficient (Wildman–Crippen LogP) is 1.93. The number of benzene rings is 1. The Morgan fingerprint density at radius 3 is 2.55 bits per heavy atom. The smallest absolute Gasteiger partial charge is 0.268 e. The monoisotopic (exact) mass is 293 g/mol. The highest BCUT2D eigenvalue weighted by molar-refractivity contribution is 6.15. The maximum atomic E-state index is 12.7. The molecule has 3 rings (SSSR count). The fourth-order valence-corrected chi connectivity index (χ4v) is 2.43. The molecule has 0 fully saturated rings. The number of rotatable bonds is 3. The molecule has 2 aromatic rings. The summed E-state index contributed by atoms with van der Waals surface area (Å²) in [6.45, 7) is 1.93. The molecule has 1 aliphatic heterocycles. The summed E-state index contributed by atoms with van der Waals surface area (Å²) in [5, 5.41) is 1.66. The van der Waals surface area contributed by atoms with Gasteiger partial charge in [-0.2, -0.15) is 0 Å². The Morgan fingerprint density at radius 1 is 1.18 bits per heavy atom. The Kier molecular flexibility index (Phi) is 3.78. The van der Waals surface area contributed by atoms with E-state index in [0.717, 1.165) is 17.0 Å². The number of amides is 1. The number of anilines is 1. The predicted molar refractivity (Wildman–Crippen MR) is 86.4 cm³/mol. The number of carbonyl (C=O) groups excluding carboxylic acids is 1. The van der Waals surface area contributed by atoms with Crippen LogP contribution >= 0.6 is 0 Å². The van der Waals surface area contributed by atoms with E-state index in [0.29, 0.717) is 0 Å². The van der Waals surface area contributed by atoms with Crippen molar-refractivity contribution in [3.63, 3.8) is 0 Å². The molecule has 0 aliphatic carbocycles. The maximum Gasteiger partial charge on any atom is 0.318 e. The van der Waals surface area contributed by atoms with Crippen LogP contribution in [0.15, 0.2) is 59.9 Å². The molecule has 5 nitrogen and oxygen atoms in total. The minimum absolute atomic E-state index is 0.0449. The maximum absolute atomic E-state index is 12.7. The fraction of sp³-hybridized carbons (Fsp3) is 0.176. The number of nitrogens with zero attached hydrogens (tertiary/aromatic N) is 4. The van der Waals surface area contributed by atoms with Gasteiger partial charge in [-0.05, 0) is 29.8 Å². The lowest BCUT2D eigenvalue weighted by atomic mass is 10.2. The molecule has 0 spiro atoms. The first-order chi connectivity index (χ1) is 10.7. The van der Waals surface area contributed by atoms with Gasteiger partial charge in [0.25, 0.3) is 0 Å². The minimum atomic E-state index is -0.488. The van der Waals surface area contributed by atoms with Gasteiger partial charge in [-0.15, -0.1) is 4.68 Å². The van der Waals surface area contributed by atoms with Crippen LogP contribution in [-0.2, 0) is 4.79 Å². The topological polar surface area (TPSA) is 48.6 Å². The summed E-state index contributed by atoms with van der Waals surface area (Å²) < 4.78 is 1.85. The quantitative estimate of drug-likeness (QED) is 0.641. The van der Waals surface area contributed by atoms with Crippen LogP contribution in [0.4, 0.5) is 5.69 Å². The second-order valence-corrected chi connectivity index (χ2v) is 5.11. The van der Waals surface area contributed by atoms with Gasteiger partial charge in [-0.1, -0.05) is 23.2 Å². The highest BCUT2D eigenvalue weighted by Crippen LogP contribution is 2.20. The van der Waals surface area contributed by atoms with E-state index < -0.39 is 6.04 Å². The van der Waals surface area contributed by atoms with E-state index in [1.165, 1.54) is 0 Å². The standard InChI is InChI=1S/C17H17N4O/c1-13-16(19-12-14-8-10-18-11-9-14)17(22)21(20(13)2)15-6-4-3-5-7-15/h3-12,16H,1-2H3/q+1. The van der Waals surface area contributed by atoms with Crippen LogP contribution in [0.5, 0.6) is 0 Å². The zero-order chi connectivity index (χ0) is 15.5. The van der Waals surface area contributed by atoms with Gasteiger partial charge in [-0.3, -0.25) is 14.8 Å². The Morgan fingerprint density at radius 2 is 1.86 bits per heavy atom. The van der Waals surface area contributed by atoms with Gasteiger partial charge in [0.1, 0.15) is 5.69 Å². The van der Waals surface area contributed by atoms with Crippen LogP contribution in [0.2, 0.25) is 0 Å². The first kappa shape index (κ1) is 14.1. The fourth-order valence-electron chi connectivity index (χ4n) is 2.43.